The summed E-state index contributed by atoms with van der Waals surface area (Å²) in [5.41, 5.74) is 1.32. The summed E-state index contributed by atoms with van der Waals surface area (Å²) in [6.45, 7) is 5.48. The average Bonchev–Trinajstić information content (AvgIpc) is 3.42. The number of carbonyl (C=O) groups is 2. The van der Waals surface area contributed by atoms with Gasteiger partial charge in [0.25, 0.3) is 5.91 Å². The van der Waals surface area contributed by atoms with Gasteiger partial charge in [0.15, 0.2) is 11.5 Å². The molecule has 1 aromatic heterocycles. The number of nitrogens with one attached hydrogen (secondary N) is 1. The van der Waals surface area contributed by atoms with Gasteiger partial charge in [-0.25, -0.2) is 0 Å². The van der Waals surface area contributed by atoms with Crippen molar-refractivity contribution < 1.29 is 14.1 Å². The molecule has 1 aliphatic carbocycles. The highest BCUT2D eigenvalue weighted by Gasteiger charge is 2.21. The Balaban J connectivity index is 1.64. The van der Waals surface area contributed by atoms with Gasteiger partial charge >= 0.3 is 0 Å². The Morgan fingerprint density at radius 2 is 1.90 bits per heavy atom. The molecule has 1 N–H and O–H groups in total. The largest absolute Gasteiger partial charge is 0.359 e. The molecule has 1 aliphatic rings. The molecule has 0 bridgehead atoms. The van der Waals surface area contributed by atoms with E-state index in [4.69, 9.17) is 4.52 Å². The number of amides is 2. The maximum absolute atomic E-state index is 13.0. The number of benzene rings is 1. The monoisotopic (exact) mass is 411 g/mol. The second-order valence-corrected chi connectivity index (χ2v) is 8.71. The van der Waals surface area contributed by atoms with Crippen LogP contribution in [0.1, 0.15) is 74.2 Å². The van der Waals surface area contributed by atoms with E-state index in [0.29, 0.717) is 43.7 Å². The third kappa shape index (κ3) is 6.71. The van der Waals surface area contributed by atoms with Crippen LogP contribution in [-0.4, -0.2) is 28.4 Å². The molecule has 162 valence electrons. The van der Waals surface area contributed by atoms with E-state index in [1.54, 1.807) is 11.0 Å². The minimum Gasteiger partial charge on any atom is -0.359 e. The van der Waals surface area contributed by atoms with Crippen LogP contribution in [0.3, 0.4) is 0 Å². The van der Waals surface area contributed by atoms with Crippen molar-refractivity contribution in [3.8, 4) is 0 Å². The third-order valence-corrected chi connectivity index (χ3v) is 5.62. The quantitative estimate of drug-likeness (QED) is 0.622. The van der Waals surface area contributed by atoms with Crippen LogP contribution in [0.5, 0.6) is 0 Å². The number of rotatable bonds is 10. The van der Waals surface area contributed by atoms with Crippen molar-refractivity contribution in [2.24, 2.45) is 11.8 Å². The van der Waals surface area contributed by atoms with E-state index >= 15 is 0 Å². The summed E-state index contributed by atoms with van der Waals surface area (Å²) in [6.07, 6.45) is 6.54. The zero-order valence-electron chi connectivity index (χ0n) is 18.1. The third-order valence-electron chi connectivity index (χ3n) is 5.62. The molecule has 30 heavy (non-hydrogen) atoms. The zero-order chi connectivity index (χ0) is 21.3. The Labute approximate surface area is 179 Å². The first kappa shape index (κ1) is 22.1. The van der Waals surface area contributed by atoms with E-state index in [9.17, 15) is 9.59 Å². The van der Waals surface area contributed by atoms with E-state index in [2.05, 4.69) is 10.5 Å². The van der Waals surface area contributed by atoms with Crippen molar-refractivity contribution in [2.45, 2.75) is 65.5 Å². The fraction of sp³-hybridized carbons (Fsp3) is 0.542. The first-order valence-corrected chi connectivity index (χ1v) is 11.1. The van der Waals surface area contributed by atoms with E-state index in [-0.39, 0.29) is 17.5 Å². The molecule has 1 heterocycles. The van der Waals surface area contributed by atoms with Crippen molar-refractivity contribution in [3.05, 3.63) is 53.4 Å². The molecule has 1 aromatic carbocycles. The molecule has 6 nitrogen and oxygen atoms in total. The summed E-state index contributed by atoms with van der Waals surface area (Å²) in [5, 5.41) is 6.73. The zero-order valence-corrected chi connectivity index (χ0v) is 18.1. The second kappa shape index (κ2) is 11.0. The molecular weight excluding hydrogens is 378 g/mol. The van der Waals surface area contributed by atoms with E-state index in [0.717, 1.165) is 12.0 Å². The lowest BCUT2D eigenvalue weighted by atomic mass is 10.0. The lowest BCUT2D eigenvalue weighted by Crippen LogP contribution is -2.30. The second-order valence-electron chi connectivity index (χ2n) is 8.71. The van der Waals surface area contributed by atoms with E-state index < -0.39 is 0 Å². The first-order chi connectivity index (χ1) is 14.5. The Bertz CT molecular complexity index is 810. The van der Waals surface area contributed by atoms with Crippen molar-refractivity contribution in [1.82, 2.24) is 15.4 Å². The summed E-state index contributed by atoms with van der Waals surface area (Å²) in [4.78, 5) is 27.0. The van der Waals surface area contributed by atoms with Gasteiger partial charge in [-0.15, -0.1) is 0 Å². The molecule has 2 aromatic rings. The molecule has 0 saturated heterocycles. The van der Waals surface area contributed by atoms with Crippen LogP contribution in [0.4, 0.5) is 0 Å². The molecular formula is C24H33N3O3. The van der Waals surface area contributed by atoms with Crippen LogP contribution in [0.15, 0.2) is 40.9 Å². The van der Waals surface area contributed by atoms with E-state index in [1.807, 2.05) is 44.2 Å². The number of aromatic nitrogens is 1. The number of nitrogens with zero attached hydrogens (tertiary/aromatic N) is 2. The number of hydrogen-bond donors (Lipinski definition) is 1. The SMILES string of the molecule is CC(C)CNC(=O)c1cc(CN(Cc2ccccc2)C(=O)CCC2CCCC2)on1. The standard InChI is InChI=1S/C24H33N3O3/c1-18(2)15-25-24(29)22-14-21(30-26-22)17-27(16-20-10-4-3-5-11-20)23(28)13-12-19-8-6-7-9-19/h3-5,10-11,14,18-19H,6-9,12-13,15-17H2,1-2H3,(H,25,29). The number of carbonyl (C=O) groups excluding carboxylic acids is 2. The summed E-state index contributed by atoms with van der Waals surface area (Å²) in [7, 11) is 0. The molecule has 0 aliphatic heterocycles. The summed E-state index contributed by atoms with van der Waals surface area (Å²) in [5.74, 6) is 1.43. The molecule has 1 saturated carbocycles. The highest BCUT2D eigenvalue weighted by Crippen LogP contribution is 2.29. The predicted molar refractivity (Wildman–Crippen MR) is 116 cm³/mol. The first-order valence-electron chi connectivity index (χ1n) is 11.1. The van der Waals surface area contributed by atoms with Crippen LogP contribution < -0.4 is 5.32 Å². The maximum atomic E-state index is 13.0. The lowest BCUT2D eigenvalue weighted by molar-refractivity contribution is -0.133. The van der Waals surface area contributed by atoms with Gasteiger partial charge in [0.1, 0.15) is 0 Å². The topological polar surface area (TPSA) is 75.4 Å². The smallest absolute Gasteiger partial charge is 0.273 e. The fourth-order valence-electron chi connectivity index (χ4n) is 3.89. The Morgan fingerprint density at radius 3 is 2.60 bits per heavy atom. The summed E-state index contributed by atoms with van der Waals surface area (Å²) in [6, 6.07) is 11.6. The van der Waals surface area contributed by atoms with Gasteiger partial charge in [-0.05, 0) is 23.8 Å². The Morgan fingerprint density at radius 1 is 1.17 bits per heavy atom. The average molecular weight is 412 g/mol. The van der Waals surface area contributed by atoms with Gasteiger partial charge in [-0.1, -0.05) is 75.0 Å². The molecule has 3 rings (SSSR count). The predicted octanol–water partition coefficient (Wildman–Crippen LogP) is 4.56. The highest BCUT2D eigenvalue weighted by atomic mass is 16.5. The van der Waals surface area contributed by atoms with Crippen molar-refractivity contribution in [3.63, 3.8) is 0 Å². The van der Waals surface area contributed by atoms with Crippen LogP contribution in [0.25, 0.3) is 0 Å². The minimum absolute atomic E-state index is 0.118. The summed E-state index contributed by atoms with van der Waals surface area (Å²) >= 11 is 0. The Hall–Kier alpha value is -2.63. The molecule has 0 spiro atoms. The Kier molecular flexibility index (Phi) is 8.05. The lowest BCUT2D eigenvalue weighted by Gasteiger charge is -2.22. The van der Waals surface area contributed by atoms with Crippen LogP contribution in [0, 0.1) is 11.8 Å². The molecule has 2 amide bonds. The summed E-state index contributed by atoms with van der Waals surface area (Å²) < 4.78 is 5.38. The molecule has 6 heteroatoms. The van der Waals surface area contributed by atoms with E-state index in [1.165, 1.54) is 25.7 Å². The molecule has 0 radical (unpaired) electrons. The molecule has 0 unspecified atom stereocenters. The molecule has 0 atom stereocenters. The van der Waals surface area contributed by atoms with Crippen molar-refractivity contribution in [2.75, 3.05) is 6.54 Å². The minimum atomic E-state index is -0.249. The van der Waals surface area contributed by atoms with Crippen molar-refractivity contribution in [1.29, 1.82) is 0 Å². The number of hydrogen-bond acceptors (Lipinski definition) is 4. The normalized spacial score (nSPS) is 14.2. The fourth-order valence-corrected chi connectivity index (χ4v) is 3.89. The van der Waals surface area contributed by atoms with Gasteiger partial charge in [-0.2, -0.15) is 0 Å². The maximum Gasteiger partial charge on any atom is 0.273 e. The van der Waals surface area contributed by atoms with Gasteiger partial charge in [0, 0.05) is 25.6 Å². The van der Waals surface area contributed by atoms with Crippen molar-refractivity contribution >= 4 is 11.8 Å². The molecule has 1 fully saturated rings. The van der Waals surface area contributed by atoms with Gasteiger partial charge in [0.2, 0.25) is 5.91 Å². The van der Waals surface area contributed by atoms with Gasteiger partial charge < -0.3 is 14.7 Å². The van der Waals surface area contributed by atoms with Gasteiger partial charge in [-0.3, -0.25) is 9.59 Å². The van der Waals surface area contributed by atoms with Crippen LogP contribution >= 0.6 is 0 Å². The van der Waals surface area contributed by atoms with Crippen LogP contribution in [-0.2, 0) is 17.9 Å². The highest BCUT2D eigenvalue weighted by molar-refractivity contribution is 5.92. The van der Waals surface area contributed by atoms with Gasteiger partial charge in [0.05, 0.1) is 6.54 Å². The van der Waals surface area contributed by atoms with Crippen LogP contribution in [0.2, 0.25) is 0 Å².